The van der Waals surface area contributed by atoms with E-state index in [-0.39, 0.29) is 22.7 Å². The van der Waals surface area contributed by atoms with Gasteiger partial charge in [0.05, 0.1) is 18.5 Å². The van der Waals surface area contributed by atoms with E-state index in [0.29, 0.717) is 19.0 Å². The molecular weight excluding hydrogens is 284 g/mol. The molecule has 1 atom stereocenters. The minimum Gasteiger partial charge on any atom is -0.381 e. The normalized spacial score (nSPS) is 23.7. The van der Waals surface area contributed by atoms with Crippen LogP contribution in [0.2, 0.25) is 0 Å². The SMILES string of the molecule is CCOCC1CN(C)C2(C1)CN(C(=O)c1cc(=O)[nH]cn1)C2. The Kier molecular flexibility index (Phi) is 4.01. The van der Waals surface area contributed by atoms with E-state index in [1.165, 1.54) is 12.4 Å². The third kappa shape index (κ3) is 2.66. The summed E-state index contributed by atoms with van der Waals surface area (Å²) in [6, 6.07) is 1.25. The van der Waals surface area contributed by atoms with Gasteiger partial charge in [-0.25, -0.2) is 4.98 Å². The van der Waals surface area contributed by atoms with Gasteiger partial charge in [0.25, 0.3) is 11.5 Å². The second-order valence-corrected chi connectivity index (χ2v) is 6.29. The summed E-state index contributed by atoms with van der Waals surface area (Å²) in [7, 11) is 2.11. The van der Waals surface area contributed by atoms with Crippen molar-refractivity contribution in [3.05, 3.63) is 28.4 Å². The average Bonchev–Trinajstić information content (AvgIpc) is 2.79. The van der Waals surface area contributed by atoms with Crippen molar-refractivity contribution in [3.8, 4) is 0 Å². The third-order valence-corrected chi connectivity index (χ3v) is 4.72. The molecule has 1 unspecified atom stereocenters. The van der Waals surface area contributed by atoms with Crippen LogP contribution in [-0.4, -0.2) is 71.1 Å². The van der Waals surface area contributed by atoms with Crippen molar-refractivity contribution in [2.24, 2.45) is 5.92 Å². The van der Waals surface area contributed by atoms with Crippen LogP contribution in [0.15, 0.2) is 17.2 Å². The Morgan fingerprint density at radius 3 is 3.00 bits per heavy atom. The summed E-state index contributed by atoms with van der Waals surface area (Å²) >= 11 is 0. The summed E-state index contributed by atoms with van der Waals surface area (Å²) in [4.78, 5) is 34.1. The number of aromatic amines is 1. The van der Waals surface area contributed by atoms with Crippen molar-refractivity contribution >= 4 is 5.91 Å². The number of rotatable bonds is 4. The number of amides is 1. The number of carbonyl (C=O) groups is 1. The quantitative estimate of drug-likeness (QED) is 0.844. The largest absolute Gasteiger partial charge is 0.381 e. The van der Waals surface area contributed by atoms with Gasteiger partial charge in [-0.3, -0.25) is 14.5 Å². The molecule has 0 bridgehead atoms. The number of nitrogens with one attached hydrogen (secondary N) is 1. The van der Waals surface area contributed by atoms with E-state index < -0.39 is 0 Å². The number of hydrogen-bond acceptors (Lipinski definition) is 5. The fourth-order valence-electron chi connectivity index (χ4n) is 3.56. The molecule has 2 aliphatic heterocycles. The molecule has 22 heavy (non-hydrogen) atoms. The summed E-state index contributed by atoms with van der Waals surface area (Å²) in [6.07, 6.45) is 2.32. The topological polar surface area (TPSA) is 78.5 Å². The van der Waals surface area contributed by atoms with Gasteiger partial charge in [-0.1, -0.05) is 0 Å². The van der Waals surface area contributed by atoms with Gasteiger partial charge in [0.2, 0.25) is 0 Å². The van der Waals surface area contributed by atoms with Gasteiger partial charge >= 0.3 is 0 Å². The summed E-state index contributed by atoms with van der Waals surface area (Å²) in [5.41, 5.74) is -0.0213. The van der Waals surface area contributed by atoms with E-state index in [9.17, 15) is 9.59 Å². The van der Waals surface area contributed by atoms with Crippen LogP contribution in [0.4, 0.5) is 0 Å². The Hall–Kier alpha value is -1.73. The predicted octanol–water partition coefficient (Wildman–Crippen LogP) is -0.0473. The van der Waals surface area contributed by atoms with Gasteiger partial charge < -0.3 is 14.6 Å². The van der Waals surface area contributed by atoms with Crippen molar-refractivity contribution < 1.29 is 9.53 Å². The molecule has 0 radical (unpaired) electrons. The molecule has 7 nitrogen and oxygen atoms in total. The van der Waals surface area contributed by atoms with Gasteiger partial charge in [-0.2, -0.15) is 0 Å². The highest BCUT2D eigenvalue weighted by Crippen LogP contribution is 2.39. The zero-order valence-electron chi connectivity index (χ0n) is 13.0. The van der Waals surface area contributed by atoms with Crippen LogP contribution in [0.1, 0.15) is 23.8 Å². The molecule has 0 aromatic carbocycles. The van der Waals surface area contributed by atoms with Crippen molar-refractivity contribution in [1.82, 2.24) is 19.8 Å². The average molecular weight is 306 g/mol. The maximum absolute atomic E-state index is 12.3. The number of nitrogens with zero attached hydrogens (tertiary/aromatic N) is 3. The van der Waals surface area contributed by atoms with E-state index in [2.05, 4.69) is 21.9 Å². The lowest BCUT2D eigenvalue weighted by Crippen LogP contribution is -2.68. The first-order valence-corrected chi connectivity index (χ1v) is 7.67. The number of likely N-dealkylation sites (tertiary alicyclic amines) is 2. The Morgan fingerprint density at radius 2 is 2.32 bits per heavy atom. The predicted molar refractivity (Wildman–Crippen MR) is 80.7 cm³/mol. The standard InChI is InChI=1S/C15H22N4O3/c1-3-22-7-11-5-15(18(2)6-11)8-19(9-15)14(21)12-4-13(20)17-10-16-12/h4,10-11H,3,5-9H2,1-2H3,(H,16,17,20). The Labute approximate surface area is 129 Å². The molecule has 3 heterocycles. The van der Waals surface area contributed by atoms with E-state index in [0.717, 1.165) is 26.2 Å². The Morgan fingerprint density at radius 1 is 1.55 bits per heavy atom. The van der Waals surface area contributed by atoms with Crippen LogP contribution in [0.3, 0.4) is 0 Å². The van der Waals surface area contributed by atoms with Crippen LogP contribution in [0, 0.1) is 5.92 Å². The number of ether oxygens (including phenoxy) is 1. The maximum atomic E-state index is 12.3. The van der Waals surface area contributed by atoms with Gasteiger partial charge in [0.15, 0.2) is 0 Å². The summed E-state index contributed by atoms with van der Waals surface area (Å²) in [6.45, 7) is 5.93. The highest BCUT2D eigenvalue weighted by Gasteiger charge is 2.53. The summed E-state index contributed by atoms with van der Waals surface area (Å²) < 4.78 is 5.53. The minimum absolute atomic E-state index is 0.0681. The van der Waals surface area contributed by atoms with Crippen LogP contribution >= 0.6 is 0 Å². The molecule has 2 saturated heterocycles. The van der Waals surface area contributed by atoms with E-state index >= 15 is 0 Å². The van der Waals surface area contributed by atoms with Crippen molar-refractivity contribution in [2.45, 2.75) is 18.9 Å². The first-order valence-electron chi connectivity index (χ1n) is 7.67. The fraction of sp³-hybridized carbons (Fsp3) is 0.667. The van der Waals surface area contributed by atoms with Gasteiger partial charge in [-0.05, 0) is 26.3 Å². The van der Waals surface area contributed by atoms with E-state index in [1.54, 1.807) is 4.90 Å². The number of hydrogen-bond donors (Lipinski definition) is 1. The molecule has 3 rings (SSSR count). The zero-order valence-corrected chi connectivity index (χ0v) is 13.0. The van der Waals surface area contributed by atoms with E-state index in [1.807, 2.05) is 6.92 Å². The first kappa shape index (κ1) is 15.2. The molecule has 0 saturated carbocycles. The molecule has 1 spiro atoms. The number of likely N-dealkylation sites (N-methyl/N-ethyl adjacent to an activating group) is 1. The zero-order chi connectivity index (χ0) is 15.7. The smallest absolute Gasteiger partial charge is 0.272 e. The summed E-state index contributed by atoms with van der Waals surface area (Å²) in [5.74, 6) is 0.360. The third-order valence-electron chi connectivity index (χ3n) is 4.72. The highest BCUT2D eigenvalue weighted by molar-refractivity contribution is 5.93. The Bertz CT molecular complexity index is 609. The molecule has 1 amide bonds. The van der Waals surface area contributed by atoms with Crippen LogP contribution in [0.25, 0.3) is 0 Å². The second kappa shape index (κ2) is 5.81. The molecule has 0 aliphatic carbocycles. The Balaban J connectivity index is 1.61. The molecular formula is C15H22N4O3. The van der Waals surface area contributed by atoms with E-state index in [4.69, 9.17) is 4.74 Å². The minimum atomic E-state index is -0.302. The molecule has 2 fully saturated rings. The lowest BCUT2D eigenvalue weighted by molar-refractivity contribution is -0.00832. The van der Waals surface area contributed by atoms with Gasteiger partial charge in [-0.15, -0.1) is 0 Å². The van der Waals surface area contributed by atoms with Gasteiger partial charge in [0.1, 0.15) is 5.69 Å². The number of H-pyrrole nitrogens is 1. The first-order chi connectivity index (χ1) is 10.5. The number of aromatic nitrogens is 2. The van der Waals surface area contributed by atoms with Crippen LogP contribution in [0.5, 0.6) is 0 Å². The molecule has 120 valence electrons. The van der Waals surface area contributed by atoms with Crippen LogP contribution < -0.4 is 5.56 Å². The molecule has 1 aromatic heterocycles. The molecule has 2 aliphatic rings. The van der Waals surface area contributed by atoms with Crippen molar-refractivity contribution in [1.29, 1.82) is 0 Å². The lowest BCUT2D eigenvalue weighted by atomic mass is 9.84. The second-order valence-electron chi connectivity index (χ2n) is 6.29. The molecule has 1 aromatic rings. The van der Waals surface area contributed by atoms with Crippen LogP contribution in [-0.2, 0) is 4.74 Å². The number of carbonyl (C=O) groups excluding carboxylic acids is 1. The van der Waals surface area contributed by atoms with Crippen molar-refractivity contribution in [2.75, 3.05) is 39.9 Å². The highest BCUT2D eigenvalue weighted by atomic mass is 16.5. The molecule has 7 heteroatoms. The van der Waals surface area contributed by atoms with Gasteiger partial charge in [0, 0.05) is 32.3 Å². The van der Waals surface area contributed by atoms with Crippen molar-refractivity contribution in [3.63, 3.8) is 0 Å². The molecule has 1 N–H and O–H groups in total. The summed E-state index contributed by atoms with van der Waals surface area (Å²) in [5, 5.41) is 0. The fourth-order valence-corrected chi connectivity index (χ4v) is 3.56. The lowest BCUT2D eigenvalue weighted by Gasteiger charge is -2.51. The maximum Gasteiger partial charge on any atom is 0.272 e. The monoisotopic (exact) mass is 306 g/mol.